The van der Waals surface area contributed by atoms with E-state index in [1.807, 2.05) is 0 Å². The fourth-order valence-corrected chi connectivity index (χ4v) is 1.02. The van der Waals surface area contributed by atoms with E-state index >= 15 is 0 Å². The second kappa shape index (κ2) is 3.30. The third-order valence-electron chi connectivity index (χ3n) is 1.59. The minimum absolute atomic E-state index is 0.1000. The number of Topliss-reactive ketones (excluding diaryl/α,β-unsaturated/α-hetero) is 2. The first kappa shape index (κ1) is 8.65. The van der Waals surface area contributed by atoms with E-state index in [0.29, 0.717) is 11.1 Å². The molecular weight excluding hydrogens is 152 g/mol. The molecule has 0 amide bonds. The van der Waals surface area contributed by atoms with Crippen molar-refractivity contribution in [2.24, 2.45) is 0 Å². The van der Waals surface area contributed by atoms with Gasteiger partial charge in [-0.15, -0.1) is 0 Å². The molecular formula is C10H9O2. The standard InChI is InChI=1S/C10H9O2/c1-7(11)9-5-3-4-6-10(9)8(2)12/h3-5H,1-2H3. The fourth-order valence-electron chi connectivity index (χ4n) is 1.02. The molecule has 2 heteroatoms. The Balaban J connectivity index is 3.27. The maximum absolute atomic E-state index is 11.0. The molecule has 1 rings (SSSR count). The average Bonchev–Trinajstić information content (AvgIpc) is 2.04. The molecule has 1 radical (unpaired) electrons. The van der Waals surface area contributed by atoms with Gasteiger partial charge in [0.2, 0.25) is 0 Å². The minimum Gasteiger partial charge on any atom is -0.294 e. The van der Waals surface area contributed by atoms with Crippen molar-refractivity contribution < 1.29 is 9.59 Å². The summed E-state index contributed by atoms with van der Waals surface area (Å²) in [6, 6.07) is 7.71. The van der Waals surface area contributed by atoms with Crippen molar-refractivity contribution in [3.05, 3.63) is 35.4 Å². The Labute approximate surface area is 71.2 Å². The molecule has 0 unspecified atom stereocenters. The van der Waals surface area contributed by atoms with Gasteiger partial charge in [0.25, 0.3) is 0 Å². The van der Waals surface area contributed by atoms with Crippen LogP contribution >= 0.6 is 0 Å². The van der Waals surface area contributed by atoms with Gasteiger partial charge in [-0.1, -0.05) is 18.2 Å². The number of hydrogen-bond donors (Lipinski definition) is 0. The summed E-state index contributed by atoms with van der Waals surface area (Å²) >= 11 is 0. The Kier molecular flexibility index (Phi) is 2.38. The molecule has 0 atom stereocenters. The number of hydrogen-bond acceptors (Lipinski definition) is 2. The van der Waals surface area contributed by atoms with E-state index < -0.39 is 0 Å². The molecule has 0 N–H and O–H groups in total. The fraction of sp³-hybridized carbons (Fsp3) is 0.200. The maximum atomic E-state index is 11.0. The van der Waals surface area contributed by atoms with E-state index in [1.54, 1.807) is 18.2 Å². The maximum Gasteiger partial charge on any atom is 0.161 e. The molecule has 0 saturated heterocycles. The second-order valence-corrected chi connectivity index (χ2v) is 2.57. The Morgan fingerprint density at radius 2 is 1.92 bits per heavy atom. The normalized spacial score (nSPS) is 9.50. The van der Waals surface area contributed by atoms with Gasteiger partial charge in [0, 0.05) is 11.1 Å². The molecule has 0 aliphatic carbocycles. The van der Waals surface area contributed by atoms with Crippen molar-refractivity contribution in [3.63, 3.8) is 0 Å². The highest BCUT2D eigenvalue weighted by Gasteiger charge is 2.09. The highest BCUT2D eigenvalue weighted by atomic mass is 16.1. The van der Waals surface area contributed by atoms with Gasteiger partial charge in [-0.25, -0.2) is 0 Å². The van der Waals surface area contributed by atoms with Gasteiger partial charge in [-0.3, -0.25) is 9.59 Å². The molecule has 0 aliphatic rings. The molecule has 2 nitrogen and oxygen atoms in total. The molecule has 0 saturated carbocycles. The molecule has 0 bridgehead atoms. The van der Waals surface area contributed by atoms with Crippen LogP contribution in [-0.2, 0) is 0 Å². The van der Waals surface area contributed by atoms with E-state index in [-0.39, 0.29) is 11.6 Å². The SMILES string of the molecule is CC(=O)c1[c]cccc1C(C)=O. The predicted octanol–water partition coefficient (Wildman–Crippen LogP) is 1.89. The molecule has 0 aliphatic heterocycles. The third-order valence-corrected chi connectivity index (χ3v) is 1.59. The van der Waals surface area contributed by atoms with Crippen molar-refractivity contribution in [2.75, 3.05) is 0 Å². The zero-order valence-electron chi connectivity index (χ0n) is 7.05. The van der Waals surface area contributed by atoms with Crippen LogP contribution in [0.5, 0.6) is 0 Å². The number of carbonyl (C=O) groups is 2. The highest BCUT2D eigenvalue weighted by molar-refractivity contribution is 6.06. The van der Waals surface area contributed by atoms with Gasteiger partial charge in [0.15, 0.2) is 11.6 Å². The Hall–Kier alpha value is -1.44. The molecule has 1 aromatic carbocycles. The summed E-state index contributed by atoms with van der Waals surface area (Å²) in [7, 11) is 0. The summed E-state index contributed by atoms with van der Waals surface area (Å²) < 4.78 is 0. The van der Waals surface area contributed by atoms with Crippen molar-refractivity contribution in [1.82, 2.24) is 0 Å². The van der Waals surface area contributed by atoms with Crippen LogP contribution in [0.4, 0.5) is 0 Å². The Morgan fingerprint density at radius 1 is 1.25 bits per heavy atom. The van der Waals surface area contributed by atoms with Crippen LogP contribution in [0.15, 0.2) is 18.2 Å². The van der Waals surface area contributed by atoms with Crippen LogP contribution in [0.25, 0.3) is 0 Å². The Bertz CT molecular complexity index is 293. The highest BCUT2D eigenvalue weighted by Crippen LogP contribution is 2.08. The summed E-state index contributed by atoms with van der Waals surface area (Å²) in [6.07, 6.45) is 0. The summed E-state index contributed by atoms with van der Waals surface area (Å²) in [6.45, 7) is 2.87. The lowest BCUT2D eigenvalue weighted by molar-refractivity contribution is 0.0980. The average molecular weight is 161 g/mol. The molecule has 1 aromatic rings. The largest absolute Gasteiger partial charge is 0.294 e. The lowest BCUT2D eigenvalue weighted by atomic mass is 10.0. The number of rotatable bonds is 2. The van der Waals surface area contributed by atoms with Crippen LogP contribution in [-0.4, -0.2) is 11.6 Å². The minimum atomic E-state index is -0.124. The van der Waals surface area contributed by atoms with Crippen molar-refractivity contribution >= 4 is 11.6 Å². The van der Waals surface area contributed by atoms with Crippen molar-refractivity contribution in [3.8, 4) is 0 Å². The molecule has 0 aromatic heterocycles. The third kappa shape index (κ3) is 1.59. The zero-order valence-corrected chi connectivity index (χ0v) is 7.05. The molecule has 0 spiro atoms. The van der Waals surface area contributed by atoms with Gasteiger partial charge >= 0.3 is 0 Å². The number of ketones is 2. The quantitative estimate of drug-likeness (QED) is 0.621. The number of carbonyl (C=O) groups excluding carboxylic acids is 2. The molecule has 12 heavy (non-hydrogen) atoms. The second-order valence-electron chi connectivity index (χ2n) is 2.57. The first-order valence-electron chi connectivity index (χ1n) is 3.65. The lowest BCUT2D eigenvalue weighted by Gasteiger charge is -2.00. The van der Waals surface area contributed by atoms with Crippen LogP contribution in [0.3, 0.4) is 0 Å². The Morgan fingerprint density at radius 3 is 2.33 bits per heavy atom. The van der Waals surface area contributed by atoms with Gasteiger partial charge in [-0.05, 0) is 19.9 Å². The summed E-state index contributed by atoms with van der Waals surface area (Å²) in [5.41, 5.74) is 0.829. The van der Waals surface area contributed by atoms with Crippen molar-refractivity contribution in [2.45, 2.75) is 13.8 Å². The van der Waals surface area contributed by atoms with Crippen LogP contribution in [0.2, 0.25) is 0 Å². The van der Waals surface area contributed by atoms with Gasteiger partial charge in [-0.2, -0.15) is 0 Å². The lowest BCUT2D eigenvalue weighted by Crippen LogP contribution is -2.03. The summed E-state index contributed by atoms with van der Waals surface area (Å²) in [4.78, 5) is 22.0. The van der Waals surface area contributed by atoms with E-state index in [1.165, 1.54) is 13.8 Å². The molecule has 0 heterocycles. The summed E-state index contributed by atoms with van der Waals surface area (Å²) in [5.74, 6) is -0.224. The van der Waals surface area contributed by atoms with Crippen LogP contribution in [0, 0.1) is 6.07 Å². The molecule has 0 fully saturated rings. The van der Waals surface area contributed by atoms with Gasteiger partial charge < -0.3 is 0 Å². The van der Waals surface area contributed by atoms with Crippen molar-refractivity contribution in [1.29, 1.82) is 0 Å². The first-order valence-corrected chi connectivity index (χ1v) is 3.65. The van der Waals surface area contributed by atoms with Crippen LogP contribution < -0.4 is 0 Å². The zero-order chi connectivity index (χ0) is 9.14. The van der Waals surface area contributed by atoms with Crippen LogP contribution in [0.1, 0.15) is 34.6 Å². The molecule has 61 valence electrons. The van der Waals surface area contributed by atoms with E-state index in [2.05, 4.69) is 6.07 Å². The smallest absolute Gasteiger partial charge is 0.161 e. The summed E-state index contributed by atoms with van der Waals surface area (Å²) in [5, 5.41) is 0. The van der Waals surface area contributed by atoms with E-state index in [4.69, 9.17) is 0 Å². The topological polar surface area (TPSA) is 34.1 Å². The monoisotopic (exact) mass is 161 g/mol. The number of benzene rings is 1. The van der Waals surface area contributed by atoms with Gasteiger partial charge in [0.05, 0.1) is 0 Å². The van der Waals surface area contributed by atoms with Gasteiger partial charge in [0.1, 0.15) is 0 Å². The van der Waals surface area contributed by atoms with E-state index in [9.17, 15) is 9.59 Å². The predicted molar refractivity (Wildman–Crippen MR) is 45.3 cm³/mol. The van der Waals surface area contributed by atoms with E-state index in [0.717, 1.165) is 0 Å². The first-order chi connectivity index (χ1) is 5.63.